The molecule has 1 aromatic rings. The minimum absolute atomic E-state index is 0. The molecular weight excluding hydrogens is 210 g/mol. The first-order valence-corrected chi connectivity index (χ1v) is 4.88. The molecule has 0 aliphatic heterocycles. The second kappa shape index (κ2) is 6.49. The summed E-state index contributed by atoms with van der Waals surface area (Å²) >= 11 is 0. The van der Waals surface area contributed by atoms with E-state index in [0.29, 0.717) is 12.2 Å². The molecule has 0 radical (unpaired) electrons. The van der Waals surface area contributed by atoms with Gasteiger partial charge in [0.1, 0.15) is 5.75 Å². The standard InChI is InChI=1S/C12H17NO.ClH/c1-3-6-11(13)10-8-5-7-9(4-2)12(10)14;/h3,5,7-8,11,14H,1,4,6,13H2,2H3;1H/t11-;/m1./s1. The van der Waals surface area contributed by atoms with Gasteiger partial charge >= 0.3 is 0 Å². The van der Waals surface area contributed by atoms with Crippen molar-refractivity contribution in [3.05, 3.63) is 42.0 Å². The van der Waals surface area contributed by atoms with Crippen molar-refractivity contribution in [2.75, 3.05) is 0 Å². The molecule has 0 heterocycles. The number of benzene rings is 1. The van der Waals surface area contributed by atoms with Gasteiger partial charge in [0.25, 0.3) is 0 Å². The molecule has 0 aromatic heterocycles. The van der Waals surface area contributed by atoms with Crippen molar-refractivity contribution in [2.45, 2.75) is 25.8 Å². The van der Waals surface area contributed by atoms with Gasteiger partial charge in [-0.25, -0.2) is 0 Å². The number of phenols is 1. The van der Waals surface area contributed by atoms with Gasteiger partial charge in [0.05, 0.1) is 0 Å². The van der Waals surface area contributed by atoms with Gasteiger partial charge in [-0.05, 0) is 18.4 Å². The summed E-state index contributed by atoms with van der Waals surface area (Å²) in [5.41, 5.74) is 7.65. The number of hydrogen-bond acceptors (Lipinski definition) is 2. The summed E-state index contributed by atoms with van der Waals surface area (Å²) in [6.45, 7) is 5.65. The molecule has 0 unspecified atom stereocenters. The van der Waals surface area contributed by atoms with Crippen LogP contribution in [0.15, 0.2) is 30.9 Å². The Labute approximate surface area is 97.2 Å². The van der Waals surface area contributed by atoms with E-state index in [-0.39, 0.29) is 18.4 Å². The lowest BCUT2D eigenvalue weighted by Crippen LogP contribution is -2.09. The van der Waals surface area contributed by atoms with Crippen molar-refractivity contribution in [2.24, 2.45) is 5.73 Å². The SMILES string of the molecule is C=CC[C@@H](N)c1cccc(CC)c1O.Cl. The molecule has 0 spiro atoms. The zero-order valence-corrected chi connectivity index (χ0v) is 9.76. The lowest BCUT2D eigenvalue weighted by molar-refractivity contribution is 0.455. The Bertz CT molecular complexity index is 325. The number of phenolic OH excluding ortho intramolecular Hbond substituents is 1. The van der Waals surface area contributed by atoms with Crippen LogP contribution < -0.4 is 5.73 Å². The first-order valence-electron chi connectivity index (χ1n) is 4.88. The van der Waals surface area contributed by atoms with Gasteiger partial charge in [-0.15, -0.1) is 19.0 Å². The van der Waals surface area contributed by atoms with E-state index >= 15 is 0 Å². The minimum Gasteiger partial charge on any atom is -0.507 e. The number of nitrogens with two attached hydrogens (primary N) is 1. The highest BCUT2D eigenvalue weighted by Crippen LogP contribution is 2.28. The summed E-state index contributed by atoms with van der Waals surface area (Å²) in [5.74, 6) is 0.337. The summed E-state index contributed by atoms with van der Waals surface area (Å²) in [4.78, 5) is 0. The maximum Gasteiger partial charge on any atom is 0.123 e. The number of rotatable bonds is 4. The van der Waals surface area contributed by atoms with E-state index in [0.717, 1.165) is 17.5 Å². The van der Waals surface area contributed by atoms with Crippen LogP contribution in [-0.4, -0.2) is 5.11 Å². The van der Waals surface area contributed by atoms with Gasteiger partial charge in [0.15, 0.2) is 0 Å². The van der Waals surface area contributed by atoms with Crippen LogP contribution in [0.5, 0.6) is 5.75 Å². The first kappa shape index (κ1) is 14.0. The molecule has 84 valence electrons. The van der Waals surface area contributed by atoms with Crippen molar-refractivity contribution in [1.29, 1.82) is 0 Å². The Morgan fingerprint density at radius 3 is 2.73 bits per heavy atom. The van der Waals surface area contributed by atoms with Crippen molar-refractivity contribution < 1.29 is 5.11 Å². The van der Waals surface area contributed by atoms with Crippen molar-refractivity contribution >= 4 is 12.4 Å². The Balaban J connectivity index is 0.00000196. The largest absolute Gasteiger partial charge is 0.507 e. The van der Waals surface area contributed by atoms with Crippen LogP contribution in [0.2, 0.25) is 0 Å². The number of para-hydroxylation sites is 1. The predicted molar refractivity (Wildman–Crippen MR) is 66.5 cm³/mol. The highest BCUT2D eigenvalue weighted by molar-refractivity contribution is 5.85. The van der Waals surface area contributed by atoms with Gasteiger partial charge < -0.3 is 10.8 Å². The Morgan fingerprint density at radius 1 is 1.53 bits per heavy atom. The maximum absolute atomic E-state index is 9.87. The molecule has 0 aliphatic rings. The Kier molecular flexibility index (Phi) is 6.06. The maximum atomic E-state index is 9.87. The van der Waals surface area contributed by atoms with Gasteiger partial charge in [0, 0.05) is 11.6 Å². The molecule has 0 bridgehead atoms. The lowest BCUT2D eigenvalue weighted by Gasteiger charge is -2.13. The Morgan fingerprint density at radius 2 is 2.20 bits per heavy atom. The van der Waals surface area contributed by atoms with Crippen molar-refractivity contribution in [3.63, 3.8) is 0 Å². The van der Waals surface area contributed by atoms with E-state index in [1.165, 1.54) is 0 Å². The van der Waals surface area contributed by atoms with E-state index in [1.54, 1.807) is 6.08 Å². The summed E-state index contributed by atoms with van der Waals surface area (Å²) in [6.07, 6.45) is 3.27. The lowest BCUT2D eigenvalue weighted by atomic mass is 9.99. The third-order valence-corrected chi connectivity index (χ3v) is 2.35. The molecular formula is C12H18ClNO. The van der Waals surface area contributed by atoms with Crippen LogP contribution in [0.4, 0.5) is 0 Å². The zero-order valence-electron chi connectivity index (χ0n) is 8.94. The van der Waals surface area contributed by atoms with Crippen LogP contribution >= 0.6 is 12.4 Å². The van der Waals surface area contributed by atoms with Crippen LogP contribution in [-0.2, 0) is 6.42 Å². The topological polar surface area (TPSA) is 46.2 Å². The second-order valence-electron chi connectivity index (χ2n) is 3.34. The summed E-state index contributed by atoms with van der Waals surface area (Å²) in [5, 5.41) is 9.87. The molecule has 0 saturated heterocycles. The molecule has 2 nitrogen and oxygen atoms in total. The average Bonchev–Trinajstić information content (AvgIpc) is 2.18. The van der Waals surface area contributed by atoms with E-state index in [1.807, 2.05) is 25.1 Å². The molecule has 0 saturated carbocycles. The zero-order chi connectivity index (χ0) is 10.6. The van der Waals surface area contributed by atoms with Crippen molar-refractivity contribution in [3.8, 4) is 5.75 Å². The van der Waals surface area contributed by atoms with E-state index in [4.69, 9.17) is 5.73 Å². The highest BCUT2D eigenvalue weighted by Gasteiger charge is 2.11. The summed E-state index contributed by atoms with van der Waals surface area (Å²) in [6, 6.07) is 5.55. The Hall–Kier alpha value is -0.990. The van der Waals surface area contributed by atoms with Gasteiger partial charge in [-0.1, -0.05) is 31.2 Å². The van der Waals surface area contributed by atoms with Crippen LogP contribution in [0, 0.1) is 0 Å². The molecule has 15 heavy (non-hydrogen) atoms. The monoisotopic (exact) mass is 227 g/mol. The summed E-state index contributed by atoms with van der Waals surface area (Å²) in [7, 11) is 0. The van der Waals surface area contributed by atoms with E-state index in [2.05, 4.69) is 6.58 Å². The second-order valence-corrected chi connectivity index (χ2v) is 3.34. The quantitative estimate of drug-likeness (QED) is 0.777. The third-order valence-electron chi connectivity index (χ3n) is 2.35. The molecule has 1 atom stereocenters. The van der Waals surface area contributed by atoms with Crippen LogP contribution in [0.25, 0.3) is 0 Å². The molecule has 0 fully saturated rings. The number of hydrogen-bond donors (Lipinski definition) is 2. The van der Waals surface area contributed by atoms with E-state index < -0.39 is 0 Å². The van der Waals surface area contributed by atoms with Gasteiger partial charge in [0.2, 0.25) is 0 Å². The predicted octanol–water partition coefficient (Wildman–Crippen LogP) is 2.95. The molecule has 1 rings (SSSR count). The third kappa shape index (κ3) is 3.26. The molecule has 1 aromatic carbocycles. The van der Waals surface area contributed by atoms with E-state index in [9.17, 15) is 5.11 Å². The number of halogens is 1. The average molecular weight is 228 g/mol. The molecule has 3 heteroatoms. The number of aromatic hydroxyl groups is 1. The smallest absolute Gasteiger partial charge is 0.123 e. The van der Waals surface area contributed by atoms with Crippen LogP contribution in [0.3, 0.4) is 0 Å². The van der Waals surface area contributed by atoms with Gasteiger partial charge in [-0.3, -0.25) is 0 Å². The fourth-order valence-corrected chi connectivity index (χ4v) is 1.50. The van der Waals surface area contributed by atoms with Gasteiger partial charge in [-0.2, -0.15) is 0 Å². The minimum atomic E-state index is -0.154. The number of aryl methyl sites for hydroxylation is 1. The molecule has 3 N–H and O–H groups in total. The fourth-order valence-electron chi connectivity index (χ4n) is 1.50. The molecule has 0 amide bonds. The first-order chi connectivity index (χ1) is 6.70. The molecule has 0 aliphatic carbocycles. The highest BCUT2D eigenvalue weighted by atomic mass is 35.5. The summed E-state index contributed by atoms with van der Waals surface area (Å²) < 4.78 is 0. The fraction of sp³-hybridized carbons (Fsp3) is 0.333. The van der Waals surface area contributed by atoms with Crippen molar-refractivity contribution in [1.82, 2.24) is 0 Å². The normalized spacial score (nSPS) is 11.6. The van der Waals surface area contributed by atoms with Crippen LogP contribution in [0.1, 0.15) is 30.5 Å².